The molecule has 0 aliphatic carbocycles. The fourth-order valence-electron chi connectivity index (χ4n) is 0.348. The van der Waals surface area contributed by atoms with Gasteiger partial charge < -0.3 is 15.9 Å². The lowest BCUT2D eigenvalue weighted by Crippen LogP contribution is -2.45. The number of carbonyl (C=O) groups excluding carboxylic acids is 1. The van der Waals surface area contributed by atoms with Crippen LogP contribution in [0.1, 0.15) is 13.8 Å². The molecule has 1 atom stereocenters. The quantitative estimate of drug-likeness (QED) is 0.433. The number of amides is 1. The van der Waals surface area contributed by atoms with Gasteiger partial charge in [0.2, 0.25) is 5.91 Å². The highest BCUT2D eigenvalue weighted by Crippen LogP contribution is 2.06. The van der Waals surface area contributed by atoms with Crippen molar-refractivity contribution in [2.24, 2.45) is 5.73 Å². The Balaban J connectivity index is 4.04. The van der Waals surface area contributed by atoms with Crippen LogP contribution in [0.2, 0.25) is 0 Å². The molecule has 54 valence electrons. The van der Waals surface area contributed by atoms with Crippen molar-refractivity contribution in [3.63, 3.8) is 0 Å². The second-order valence-corrected chi connectivity index (χ2v) is 2.46. The molecule has 0 aromatic heterocycles. The number of aliphatic hydroxyl groups excluding tert-OH is 1. The second kappa shape index (κ2) is 2.33. The van der Waals surface area contributed by atoms with Crippen molar-refractivity contribution >= 4 is 5.91 Å². The Morgan fingerprint density at radius 3 is 2.00 bits per heavy atom. The lowest BCUT2D eigenvalue weighted by atomic mass is 10.0. The van der Waals surface area contributed by atoms with Gasteiger partial charge in [0, 0.05) is 0 Å². The van der Waals surface area contributed by atoms with E-state index in [1.807, 2.05) is 0 Å². The fourth-order valence-corrected chi connectivity index (χ4v) is 0.348. The van der Waals surface area contributed by atoms with E-state index in [-0.39, 0.29) is 0 Å². The van der Waals surface area contributed by atoms with Gasteiger partial charge in [-0.3, -0.25) is 4.79 Å². The van der Waals surface area contributed by atoms with Gasteiger partial charge in [0.15, 0.2) is 6.10 Å². The van der Waals surface area contributed by atoms with Crippen LogP contribution in [-0.4, -0.2) is 27.8 Å². The molecule has 0 aliphatic rings. The summed E-state index contributed by atoms with van der Waals surface area (Å²) in [6.45, 7) is 2.62. The van der Waals surface area contributed by atoms with Gasteiger partial charge in [0.25, 0.3) is 0 Å². The highest BCUT2D eigenvalue weighted by atomic mass is 16.3. The maximum absolute atomic E-state index is 10.2. The van der Waals surface area contributed by atoms with Crippen molar-refractivity contribution in [3.05, 3.63) is 0 Å². The molecule has 0 saturated heterocycles. The Morgan fingerprint density at radius 1 is 1.67 bits per heavy atom. The minimum Gasteiger partial charge on any atom is -0.387 e. The fraction of sp³-hybridized carbons (Fsp3) is 0.800. The molecule has 1 amide bonds. The van der Waals surface area contributed by atoms with Crippen molar-refractivity contribution in [3.8, 4) is 0 Å². The maximum Gasteiger partial charge on any atom is 0.249 e. The Bertz CT molecular complexity index is 116. The molecule has 0 aliphatic heterocycles. The number of carbonyl (C=O) groups is 1. The molecule has 0 rings (SSSR count). The summed E-state index contributed by atoms with van der Waals surface area (Å²) in [5.41, 5.74) is 3.23. The first-order valence-corrected chi connectivity index (χ1v) is 2.55. The van der Waals surface area contributed by atoms with E-state index in [1.165, 1.54) is 13.8 Å². The molecular formula is C5H11NO3. The predicted octanol–water partition coefficient (Wildman–Crippen LogP) is -1.40. The van der Waals surface area contributed by atoms with Crippen molar-refractivity contribution in [1.82, 2.24) is 0 Å². The third-order valence-electron chi connectivity index (χ3n) is 0.939. The van der Waals surface area contributed by atoms with Crippen molar-refractivity contribution in [2.45, 2.75) is 25.6 Å². The molecule has 0 saturated carbocycles. The molecule has 0 heterocycles. The Morgan fingerprint density at radius 2 is 2.00 bits per heavy atom. The van der Waals surface area contributed by atoms with E-state index in [0.29, 0.717) is 0 Å². The summed E-state index contributed by atoms with van der Waals surface area (Å²) in [6.07, 6.45) is -1.49. The van der Waals surface area contributed by atoms with Gasteiger partial charge >= 0.3 is 0 Å². The highest BCUT2D eigenvalue weighted by molar-refractivity contribution is 5.79. The summed E-state index contributed by atoms with van der Waals surface area (Å²) >= 11 is 0. The third kappa shape index (κ3) is 2.43. The molecular weight excluding hydrogens is 122 g/mol. The molecule has 0 fully saturated rings. The molecule has 0 bridgehead atoms. The first-order chi connectivity index (χ1) is 3.85. The smallest absolute Gasteiger partial charge is 0.249 e. The van der Waals surface area contributed by atoms with E-state index in [9.17, 15) is 4.79 Å². The van der Waals surface area contributed by atoms with E-state index in [4.69, 9.17) is 10.2 Å². The van der Waals surface area contributed by atoms with Crippen molar-refractivity contribution < 1.29 is 15.0 Å². The van der Waals surface area contributed by atoms with Gasteiger partial charge in [-0.15, -0.1) is 0 Å². The van der Waals surface area contributed by atoms with Crippen LogP contribution in [0.5, 0.6) is 0 Å². The van der Waals surface area contributed by atoms with Gasteiger partial charge in [0.05, 0.1) is 5.60 Å². The van der Waals surface area contributed by atoms with Crippen molar-refractivity contribution in [1.29, 1.82) is 0 Å². The monoisotopic (exact) mass is 133 g/mol. The standard InChI is InChI=1S/C5H11NO3/c1-5(2,9)3(7)4(6)8/h3,7,9H,1-2H3,(H2,6,8). The molecule has 0 aromatic carbocycles. The van der Waals surface area contributed by atoms with E-state index >= 15 is 0 Å². The highest BCUT2D eigenvalue weighted by Gasteiger charge is 2.28. The molecule has 0 spiro atoms. The van der Waals surface area contributed by atoms with Crippen LogP contribution >= 0.6 is 0 Å². The first kappa shape index (κ1) is 8.39. The minimum atomic E-state index is -1.49. The molecule has 4 nitrogen and oxygen atoms in total. The van der Waals surface area contributed by atoms with Crippen LogP contribution in [0.4, 0.5) is 0 Å². The van der Waals surface area contributed by atoms with E-state index < -0.39 is 17.6 Å². The SMILES string of the molecule is CC(C)(O)C(O)C(N)=O. The summed E-state index contributed by atoms with van der Waals surface area (Å²) < 4.78 is 0. The zero-order chi connectivity index (χ0) is 7.65. The van der Waals surface area contributed by atoms with E-state index in [2.05, 4.69) is 5.73 Å². The summed E-state index contributed by atoms with van der Waals surface area (Å²) in [5, 5.41) is 17.6. The van der Waals surface area contributed by atoms with E-state index in [1.54, 1.807) is 0 Å². The zero-order valence-electron chi connectivity index (χ0n) is 5.46. The van der Waals surface area contributed by atoms with Crippen LogP contribution in [0, 0.1) is 0 Å². The summed E-state index contributed by atoms with van der Waals surface area (Å²) in [7, 11) is 0. The number of nitrogens with two attached hydrogens (primary N) is 1. The van der Waals surface area contributed by atoms with Gasteiger partial charge in [-0.2, -0.15) is 0 Å². The lowest BCUT2D eigenvalue weighted by molar-refractivity contribution is -0.138. The van der Waals surface area contributed by atoms with Crippen LogP contribution in [0.25, 0.3) is 0 Å². The second-order valence-electron chi connectivity index (χ2n) is 2.46. The largest absolute Gasteiger partial charge is 0.387 e. The molecule has 9 heavy (non-hydrogen) atoms. The van der Waals surface area contributed by atoms with Gasteiger partial charge in [-0.05, 0) is 13.8 Å². The number of primary amides is 1. The van der Waals surface area contributed by atoms with Crippen LogP contribution in [0.15, 0.2) is 0 Å². The van der Waals surface area contributed by atoms with Crippen LogP contribution in [-0.2, 0) is 4.79 Å². The Kier molecular flexibility index (Phi) is 2.17. The lowest BCUT2D eigenvalue weighted by Gasteiger charge is -2.20. The Labute approximate surface area is 53.3 Å². The zero-order valence-corrected chi connectivity index (χ0v) is 5.46. The third-order valence-corrected chi connectivity index (χ3v) is 0.939. The Hall–Kier alpha value is -0.610. The summed E-state index contributed by atoms with van der Waals surface area (Å²) in [5.74, 6) is -0.914. The number of aliphatic hydroxyl groups is 2. The van der Waals surface area contributed by atoms with Gasteiger partial charge in [-0.1, -0.05) is 0 Å². The van der Waals surface area contributed by atoms with Gasteiger partial charge in [-0.25, -0.2) is 0 Å². The number of hydrogen-bond acceptors (Lipinski definition) is 3. The molecule has 1 unspecified atom stereocenters. The normalized spacial score (nSPS) is 15.1. The molecule has 0 aromatic rings. The van der Waals surface area contributed by atoms with Gasteiger partial charge in [0.1, 0.15) is 0 Å². The minimum absolute atomic E-state index is 0.914. The topological polar surface area (TPSA) is 83.6 Å². The average molecular weight is 133 g/mol. The summed E-state index contributed by atoms with van der Waals surface area (Å²) in [6, 6.07) is 0. The number of hydrogen-bond donors (Lipinski definition) is 3. The first-order valence-electron chi connectivity index (χ1n) is 2.55. The molecule has 0 radical (unpaired) electrons. The summed E-state index contributed by atoms with van der Waals surface area (Å²) in [4.78, 5) is 10.2. The number of rotatable bonds is 2. The van der Waals surface area contributed by atoms with E-state index in [0.717, 1.165) is 0 Å². The maximum atomic E-state index is 10.2. The van der Waals surface area contributed by atoms with Crippen LogP contribution < -0.4 is 5.73 Å². The predicted molar refractivity (Wildman–Crippen MR) is 31.5 cm³/mol. The van der Waals surface area contributed by atoms with Crippen LogP contribution in [0.3, 0.4) is 0 Å². The molecule has 4 heteroatoms. The molecule has 4 N–H and O–H groups in total. The van der Waals surface area contributed by atoms with Crippen molar-refractivity contribution in [2.75, 3.05) is 0 Å². The average Bonchev–Trinajstić information content (AvgIpc) is 1.62.